The van der Waals surface area contributed by atoms with Gasteiger partial charge in [0.15, 0.2) is 0 Å². The van der Waals surface area contributed by atoms with Gasteiger partial charge in [0.1, 0.15) is 5.60 Å². The summed E-state index contributed by atoms with van der Waals surface area (Å²) in [4.78, 5) is 13.5. The molecule has 1 aliphatic rings. The monoisotopic (exact) mass is 244 g/mol. The second kappa shape index (κ2) is 5.59. The van der Waals surface area contributed by atoms with E-state index in [1.165, 1.54) is 0 Å². The minimum absolute atomic E-state index is 0.223. The van der Waals surface area contributed by atoms with E-state index in [-0.39, 0.29) is 6.09 Å². The molecule has 0 spiro atoms. The lowest BCUT2D eigenvalue weighted by Crippen LogP contribution is -2.38. The fraction of sp³-hybridized carbons (Fsp3) is 0.818. The first-order chi connectivity index (χ1) is 7.42. The highest BCUT2D eigenvalue weighted by atomic mass is 32.1. The van der Waals surface area contributed by atoms with Gasteiger partial charge in [-0.2, -0.15) is 0 Å². The van der Waals surface area contributed by atoms with E-state index in [0.29, 0.717) is 19.1 Å². The number of hydrogen-bond donors (Lipinski definition) is 1. The summed E-state index contributed by atoms with van der Waals surface area (Å²) in [5, 5.41) is 4.93. The molecule has 0 bridgehead atoms. The van der Waals surface area contributed by atoms with Gasteiger partial charge in [-0.15, -0.1) is 0 Å². The van der Waals surface area contributed by atoms with Crippen LogP contribution in [0.5, 0.6) is 0 Å². The van der Waals surface area contributed by atoms with E-state index in [9.17, 15) is 4.79 Å². The summed E-state index contributed by atoms with van der Waals surface area (Å²) in [5.41, 5.74) is -0.420. The first-order valence-electron chi connectivity index (χ1n) is 5.57. The molecule has 1 amide bonds. The van der Waals surface area contributed by atoms with Crippen LogP contribution < -0.4 is 5.32 Å². The van der Waals surface area contributed by atoms with Gasteiger partial charge in [-0.3, -0.25) is 0 Å². The van der Waals surface area contributed by atoms with E-state index in [1.54, 1.807) is 10.3 Å². The van der Waals surface area contributed by atoms with Crippen LogP contribution in [0.3, 0.4) is 0 Å². The van der Waals surface area contributed by atoms with Crippen LogP contribution in [0.2, 0.25) is 0 Å². The standard InChI is InChI=1S/C11H20N2O2S/c1-11(2,3)15-10(14)13-6-4-9(8-13)12-5-7-16/h7,9,12H,4-6,8H2,1-3H3/t9-/m0/s1. The Bertz CT molecular complexity index is 263. The molecule has 0 aromatic carbocycles. The molecule has 5 heteroatoms. The molecule has 1 rings (SSSR count). The summed E-state index contributed by atoms with van der Waals surface area (Å²) in [6.07, 6.45) is 0.738. The third-order valence-electron chi connectivity index (χ3n) is 2.33. The van der Waals surface area contributed by atoms with E-state index >= 15 is 0 Å². The zero-order chi connectivity index (χ0) is 12.2. The third-order valence-corrected chi connectivity index (χ3v) is 2.50. The highest BCUT2D eigenvalue weighted by Gasteiger charge is 2.29. The van der Waals surface area contributed by atoms with E-state index in [0.717, 1.165) is 13.0 Å². The molecular weight excluding hydrogens is 224 g/mol. The van der Waals surface area contributed by atoms with Crippen molar-refractivity contribution >= 4 is 23.7 Å². The lowest BCUT2D eigenvalue weighted by molar-refractivity contribution is 0.0291. The Hall–Kier alpha value is -0.680. The Morgan fingerprint density at radius 2 is 2.31 bits per heavy atom. The summed E-state index contributed by atoms with van der Waals surface area (Å²) in [7, 11) is 0. The minimum Gasteiger partial charge on any atom is -0.444 e. The van der Waals surface area contributed by atoms with Gasteiger partial charge in [0.05, 0.1) is 0 Å². The number of thiocarbonyl (C=S) groups is 1. The molecule has 0 aliphatic carbocycles. The molecule has 1 N–H and O–H groups in total. The van der Waals surface area contributed by atoms with Crippen molar-refractivity contribution in [3.63, 3.8) is 0 Å². The highest BCUT2D eigenvalue weighted by molar-refractivity contribution is 7.79. The van der Waals surface area contributed by atoms with E-state index in [4.69, 9.17) is 17.0 Å². The van der Waals surface area contributed by atoms with Gasteiger partial charge in [-0.1, -0.05) is 12.2 Å². The lowest BCUT2D eigenvalue weighted by Gasteiger charge is -2.24. The fourth-order valence-corrected chi connectivity index (χ4v) is 1.73. The molecule has 0 radical (unpaired) electrons. The number of carbonyl (C=O) groups excluding carboxylic acids is 1. The molecule has 1 aliphatic heterocycles. The molecule has 92 valence electrons. The van der Waals surface area contributed by atoms with Crippen molar-refractivity contribution < 1.29 is 9.53 Å². The summed E-state index contributed by atoms with van der Waals surface area (Å²) >= 11 is 4.75. The largest absolute Gasteiger partial charge is 0.444 e. The van der Waals surface area contributed by atoms with Gasteiger partial charge in [0.2, 0.25) is 0 Å². The van der Waals surface area contributed by atoms with E-state index in [2.05, 4.69) is 5.32 Å². The molecule has 0 aromatic heterocycles. The van der Waals surface area contributed by atoms with Crippen molar-refractivity contribution in [3.05, 3.63) is 0 Å². The van der Waals surface area contributed by atoms with Crippen LogP contribution in [0.25, 0.3) is 0 Å². The van der Waals surface area contributed by atoms with Gasteiger partial charge in [0, 0.05) is 25.7 Å². The number of amides is 1. The van der Waals surface area contributed by atoms with Crippen LogP contribution in [0.4, 0.5) is 4.79 Å². The van der Waals surface area contributed by atoms with Crippen molar-refractivity contribution in [2.45, 2.75) is 38.8 Å². The van der Waals surface area contributed by atoms with Crippen molar-refractivity contribution in [2.75, 3.05) is 19.6 Å². The molecule has 1 saturated heterocycles. The van der Waals surface area contributed by atoms with Gasteiger partial charge < -0.3 is 15.0 Å². The Labute approximate surface area is 102 Å². The van der Waals surface area contributed by atoms with Gasteiger partial charge in [-0.25, -0.2) is 4.79 Å². The highest BCUT2D eigenvalue weighted by Crippen LogP contribution is 2.14. The van der Waals surface area contributed by atoms with Crippen LogP contribution >= 0.6 is 12.2 Å². The fourth-order valence-electron chi connectivity index (χ4n) is 1.63. The number of likely N-dealkylation sites (tertiary alicyclic amines) is 1. The molecule has 0 aromatic rings. The molecule has 4 nitrogen and oxygen atoms in total. The quantitative estimate of drug-likeness (QED) is 0.765. The lowest BCUT2D eigenvalue weighted by atomic mass is 10.2. The van der Waals surface area contributed by atoms with Crippen molar-refractivity contribution in [3.8, 4) is 0 Å². The van der Waals surface area contributed by atoms with Crippen LogP contribution in [0.15, 0.2) is 0 Å². The summed E-state index contributed by atoms with van der Waals surface area (Å²) in [6, 6.07) is 0.340. The molecular formula is C11H20N2O2S. The zero-order valence-electron chi connectivity index (χ0n) is 10.2. The van der Waals surface area contributed by atoms with Gasteiger partial charge in [-0.05, 0) is 32.6 Å². The Balaban J connectivity index is 2.35. The minimum atomic E-state index is -0.420. The average molecular weight is 244 g/mol. The average Bonchev–Trinajstić information content (AvgIpc) is 2.60. The number of carbonyl (C=O) groups is 1. The van der Waals surface area contributed by atoms with Crippen LogP contribution in [-0.2, 0) is 4.74 Å². The summed E-state index contributed by atoms with van der Waals surface area (Å²) < 4.78 is 5.31. The molecule has 16 heavy (non-hydrogen) atoms. The summed E-state index contributed by atoms with van der Waals surface area (Å²) in [6.45, 7) is 7.80. The molecule has 1 atom stereocenters. The topological polar surface area (TPSA) is 41.6 Å². The molecule has 0 saturated carbocycles. The van der Waals surface area contributed by atoms with Crippen molar-refractivity contribution in [1.29, 1.82) is 0 Å². The maximum Gasteiger partial charge on any atom is 0.410 e. The number of nitrogens with one attached hydrogen (secondary N) is 1. The van der Waals surface area contributed by atoms with Crippen LogP contribution in [-0.4, -0.2) is 47.6 Å². The maximum atomic E-state index is 11.7. The number of nitrogens with zero attached hydrogens (tertiary/aromatic N) is 1. The third kappa shape index (κ3) is 4.45. The SMILES string of the molecule is CC(C)(C)OC(=O)N1CC[C@H](NCC=S)C1. The van der Waals surface area contributed by atoms with Crippen molar-refractivity contribution in [1.82, 2.24) is 10.2 Å². The Morgan fingerprint density at radius 3 is 2.88 bits per heavy atom. The predicted octanol–water partition coefficient (Wildman–Crippen LogP) is 1.59. The molecule has 1 fully saturated rings. The normalized spacial score (nSPS) is 20.9. The van der Waals surface area contributed by atoms with Gasteiger partial charge >= 0.3 is 6.09 Å². The first-order valence-corrected chi connectivity index (χ1v) is 6.04. The Morgan fingerprint density at radius 1 is 1.62 bits per heavy atom. The van der Waals surface area contributed by atoms with E-state index < -0.39 is 5.60 Å². The number of hydrogen-bond acceptors (Lipinski definition) is 4. The zero-order valence-corrected chi connectivity index (χ0v) is 11.0. The molecule has 1 heterocycles. The molecule has 0 unspecified atom stereocenters. The number of rotatable bonds is 3. The van der Waals surface area contributed by atoms with Gasteiger partial charge in [0.25, 0.3) is 0 Å². The second-order valence-electron chi connectivity index (χ2n) is 4.99. The second-order valence-corrected chi connectivity index (χ2v) is 5.32. The maximum absolute atomic E-state index is 11.7. The smallest absolute Gasteiger partial charge is 0.410 e. The number of ether oxygens (including phenoxy) is 1. The van der Waals surface area contributed by atoms with Crippen LogP contribution in [0.1, 0.15) is 27.2 Å². The van der Waals surface area contributed by atoms with Crippen molar-refractivity contribution in [2.24, 2.45) is 0 Å². The van der Waals surface area contributed by atoms with Crippen LogP contribution in [0, 0.1) is 0 Å². The predicted molar refractivity (Wildman–Crippen MR) is 67.9 cm³/mol. The first kappa shape index (κ1) is 13.4. The van der Waals surface area contributed by atoms with E-state index in [1.807, 2.05) is 20.8 Å². The Kier molecular flexibility index (Phi) is 4.68. The summed E-state index contributed by atoms with van der Waals surface area (Å²) in [5.74, 6) is 0.